The number of rotatable bonds is 7. The van der Waals surface area contributed by atoms with Crippen LogP contribution < -0.4 is 16.0 Å². The Kier molecular flexibility index (Phi) is 6.60. The summed E-state index contributed by atoms with van der Waals surface area (Å²) >= 11 is 0. The molecular weight excluding hydrogens is 242 g/mol. The quantitative estimate of drug-likeness (QED) is 0.685. The third-order valence-corrected chi connectivity index (χ3v) is 2.67. The molecule has 0 atom stereocenters. The van der Waals surface area contributed by atoms with Gasteiger partial charge in [0, 0.05) is 18.7 Å². The standard InChI is InChI=1S/C14H21N3O2/c1-3-11-5-4-6-12(9-11)17-14(19)10-16-13(18)7-8-15-2/h4-6,9,15H,3,7-8,10H2,1-2H3,(H,16,18)(H,17,19). The summed E-state index contributed by atoms with van der Waals surface area (Å²) in [6.45, 7) is 2.66. The van der Waals surface area contributed by atoms with Crippen LogP contribution in [0.15, 0.2) is 24.3 Å². The molecule has 0 spiro atoms. The largest absolute Gasteiger partial charge is 0.347 e. The summed E-state index contributed by atoms with van der Waals surface area (Å²) < 4.78 is 0. The van der Waals surface area contributed by atoms with Gasteiger partial charge in [-0.05, 0) is 31.2 Å². The van der Waals surface area contributed by atoms with Gasteiger partial charge in [-0.2, -0.15) is 0 Å². The van der Waals surface area contributed by atoms with Gasteiger partial charge in [-0.15, -0.1) is 0 Å². The van der Waals surface area contributed by atoms with Crippen LogP contribution in [-0.4, -0.2) is 32.0 Å². The topological polar surface area (TPSA) is 70.2 Å². The van der Waals surface area contributed by atoms with E-state index >= 15 is 0 Å². The van der Waals surface area contributed by atoms with Crippen molar-refractivity contribution >= 4 is 17.5 Å². The zero-order chi connectivity index (χ0) is 14.1. The Bertz CT molecular complexity index is 432. The second-order valence-corrected chi connectivity index (χ2v) is 4.23. The minimum Gasteiger partial charge on any atom is -0.347 e. The van der Waals surface area contributed by atoms with Crippen LogP contribution in [0.5, 0.6) is 0 Å². The van der Waals surface area contributed by atoms with Crippen LogP contribution in [0.2, 0.25) is 0 Å². The zero-order valence-corrected chi connectivity index (χ0v) is 11.5. The molecule has 5 heteroatoms. The summed E-state index contributed by atoms with van der Waals surface area (Å²) in [6, 6.07) is 7.68. The van der Waals surface area contributed by atoms with Crippen molar-refractivity contribution < 1.29 is 9.59 Å². The molecule has 0 unspecified atom stereocenters. The van der Waals surface area contributed by atoms with Gasteiger partial charge in [0.25, 0.3) is 0 Å². The molecule has 0 fully saturated rings. The van der Waals surface area contributed by atoms with Gasteiger partial charge in [0.1, 0.15) is 0 Å². The average molecular weight is 263 g/mol. The molecule has 1 aromatic carbocycles. The van der Waals surface area contributed by atoms with E-state index in [2.05, 4.69) is 22.9 Å². The van der Waals surface area contributed by atoms with Gasteiger partial charge in [-0.25, -0.2) is 0 Å². The van der Waals surface area contributed by atoms with Gasteiger partial charge in [-0.1, -0.05) is 19.1 Å². The number of carbonyl (C=O) groups is 2. The Balaban J connectivity index is 2.36. The molecule has 0 aliphatic heterocycles. The molecule has 0 aromatic heterocycles. The molecule has 19 heavy (non-hydrogen) atoms. The Morgan fingerprint density at radius 2 is 2.00 bits per heavy atom. The maximum absolute atomic E-state index is 11.6. The van der Waals surface area contributed by atoms with E-state index in [1.54, 1.807) is 7.05 Å². The Labute approximate surface area is 113 Å². The van der Waals surface area contributed by atoms with E-state index in [-0.39, 0.29) is 18.4 Å². The van der Waals surface area contributed by atoms with Gasteiger partial charge in [-0.3, -0.25) is 9.59 Å². The number of benzene rings is 1. The number of aryl methyl sites for hydroxylation is 1. The Hall–Kier alpha value is -1.88. The lowest BCUT2D eigenvalue weighted by molar-refractivity contribution is -0.124. The van der Waals surface area contributed by atoms with Crippen molar-refractivity contribution in [2.24, 2.45) is 0 Å². The van der Waals surface area contributed by atoms with Crippen molar-refractivity contribution in [3.8, 4) is 0 Å². The van der Waals surface area contributed by atoms with Crippen LogP contribution in [0.3, 0.4) is 0 Å². The third-order valence-electron chi connectivity index (χ3n) is 2.67. The van der Waals surface area contributed by atoms with E-state index in [1.807, 2.05) is 24.3 Å². The lowest BCUT2D eigenvalue weighted by Crippen LogP contribution is -2.34. The van der Waals surface area contributed by atoms with Gasteiger partial charge in [0.15, 0.2) is 0 Å². The molecular formula is C14H21N3O2. The maximum atomic E-state index is 11.6. The Morgan fingerprint density at radius 1 is 1.21 bits per heavy atom. The fourth-order valence-electron chi connectivity index (χ4n) is 1.58. The molecule has 0 bridgehead atoms. The first-order valence-corrected chi connectivity index (χ1v) is 6.45. The van der Waals surface area contributed by atoms with Crippen molar-refractivity contribution in [2.45, 2.75) is 19.8 Å². The predicted octanol–water partition coefficient (Wildman–Crippen LogP) is 0.913. The number of hydrogen-bond donors (Lipinski definition) is 3. The van der Waals surface area contributed by atoms with Crippen LogP contribution >= 0.6 is 0 Å². The zero-order valence-electron chi connectivity index (χ0n) is 11.5. The van der Waals surface area contributed by atoms with Crippen molar-refractivity contribution in [3.05, 3.63) is 29.8 Å². The Morgan fingerprint density at radius 3 is 2.68 bits per heavy atom. The lowest BCUT2D eigenvalue weighted by Gasteiger charge is -2.08. The first-order valence-electron chi connectivity index (χ1n) is 6.45. The van der Waals surface area contributed by atoms with Crippen LogP contribution in [0.25, 0.3) is 0 Å². The number of amides is 2. The molecule has 5 nitrogen and oxygen atoms in total. The van der Waals surface area contributed by atoms with Crippen LogP contribution in [-0.2, 0) is 16.0 Å². The van der Waals surface area contributed by atoms with E-state index < -0.39 is 0 Å². The summed E-state index contributed by atoms with van der Waals surface area (Å²) in [5, 5.41) is 8.21. The van der Waals surface area contributed by atoms with E-state index in [9.17, 15) is 9.59 Å². The lowest BCUT2D eigenvalue weighted by atomic mass is 10.1. The van der Waals surface area contributed by atoms with Crippen LogP contribution in [0, 0.1) is 0 Å². The average Bonchev–Trinajstić information content (AvgIpc) is 2.43. The van der Waals surface area contributed by atoms with E-state index in [1.165, 1.54) is 0 Å². The molecule has 104 valence electrons. The van der Waals surface area contributed by atoms with Crippen molar-refractivity contribution in [3.63, 3.8) is 0 Å². The second-order valence-electron chi connectivity index (χ2n) is 4.23. The summed E-state index contributed by atoms with van der Waals surface area (Å²) in [5.41, 5.74) is 1.92. The fourth-order valence-corrected chi connectivity index (χ4v) is 1.58. The first kappa shape index (κ1) is 15.2. The maximum Gasteiger partial charge on any atom is 0.243 e. The molecule has 1 aromatic rings. The predicted molar refractivity (Wildman–Crippen MR) is 76.0 cm³/mol. The molecule has 1 rings (SSSR count). The summed E-state index contributed by atoms with van der Waals surface area (Å²) in [6.07, 6.45) is 1.29. The molecule has 2 amide bonds. The highest BCUT2D eigenvalue weighted by molar-refractivity contribution is 5.94. The normalized spacial score (nSPS) is 10.0. The van der Waals surface area contributed by atoms with Crippen molar-refractivity contribution in [1.29, 1.82) is 0 Å². The summed E-state index contributed by atoms with van der Waals surface area (Å²) in [4.78, 5) is 23.0. The van der Waals surface area contributed by atoms with Gasteiger partial charge < -0.3 is 16.0 Å². The second kappa shape index (κ2) is 8.26. The molecule has 0 aliphatic carbocycles. The molecule has 0 saturated carbocycles. The minimum atomic E-state index is -0.217. The molecule has 3 N–H and O–H groups in total. The summed E-state index contributed by atoms with van der Waals surface area (Å²) in [7, 11) is 1.78. The minimum absolute atomic E-state index is 0.00109. The van der Waals surface area contributed by atoms with E-state index in [4.69, 9.17) is 0 Å². The van der Waals surface area contributed by atoms with Crippen LogP contribution in [0.1, 0.15) is 18.9 Å². The van der Waals surface area contributed by atoms with Crippen LogP contribution in [0.4, 0.5) is 5.69 Å². The van der Waals surface area contributed by atoms with Gasteiger partial charge >= 0.3 is 0 Å². The SMILES string of the molecule is CCc1cccc(NC(=O)CNC(=O)CCNC)c1. The summed E-state index contributed by atoms with van der Waals surface area (Å²) in [5.74, 6) is -0.349. The molecule has 0 radical (unpaired) electrons. The molecule has 0 heterocycles. The van der Waals surface area contributed by atoms with Gasteiger partial charge in [0.2, 0.25) is 11.8 Å². The van der Waals surface area contributed by atoms with Gasteiger partial charge in [0.05, 0.1) is 6.54 Å². The number of anilines is 1. The monoisotopic (exact) mass is 263 g/mol. The fraction of sp³-hybridized carbons (Fsp3) is 0.429. The van der Waals surface area contributed by atoms with Crippen molar-refractivity contribution in [1.82, 2.24) is 10.6 Å². The number of carbonyl (C=O) groups excluding carboxylic acids is 2. The van der Waals surface area contributed by atoms with E-state index in [0.29, 0.717) is 13.0 Å². The number of nitrogens with one attached hydrogen (secondary N) is 3. The van der Waals surface area contributed by atoms with E-state index in [0.717, 1.165) is 17.7 Å². The van der Waals surface area contributed by atoms with Crippen molar-refractivity contribution in [2.75, 3.05) is 25.5 Å². The molecule has 0 aliphatic rings. The highest BCUT2D eigenvalue weighted by Crippen LogP contribution is 2.10. The number of hydrogen-bond acceptors (Lipinski definition) is 3. The highest BCUT2D eigenvalue weighted by atomic mass is 16.2. The smallest absolute Gasteiger partial charge is 0.243 e. The molecule has 0 saturated heterocycles. The third kappa shape index (κ3) is 6.01. The highest BCUT2D eigenvalue weighted by Gasteiger charge is 2.05. The first-order chi connectivity index (χ1) is 9.15.